The summed E-state index contributed by atoms with van der Waals surface area (Å²) in [5.74, 6) is -0.0672. The van der Waals surface area contributed by atoms with Crippen molar-refractivity contribution in [3.05, 3.63) is 100 Å². The lowest BCUT2D eigenvalue weighted by Gasteiger charge is -2.38. The Morgan fingerprint density at radius 3 is 2.10 bits per heavy atom. The number of aliphatic hydroxyl groups excluding tert-OH is 1. The van der Waals surface area contributed by atoms with Crippen molar-refractivity contribution in [2.24, 2.45) is 0 Å². The molecular formula is C34H39F6N3O4S. The van der Waals surface area contributed by atoms with Crippen LogP contribution in [0.5, 0.6) is 0 Å². The van der Waals surface area contributed by atoms with Crippen LogP contribution in [-0.4, -0.2) is 51.1 Å². The number of nitrogens with zero attached hydrogens (tertiary/aromatic N) is 1. The zero-order chi connectivity index (χ0) is 34.7. The van der Waals surface area contributed by atoms with E-state index in [1.54, 1.807) is 46.8 Å². The van der Waals surface area contributed by atoms with Crippen molar-refractivity contribution in [1.29, 1.82) is 0 Å². The highest BCUT2D eigenvalue weighted by molar-refractivity contribution is 8.25. The Hall–Kier alpha value is -3.30. The Kier molecular flexibility index (Phi) is 11.0. The number of halogens is 6. The Labute approximate surface area is 276 Å². The van der Waals surface area contributed by atoms with E-state index in [2.05, 4.69) is 10.6 Å². The van der Waals surface area contributed by atoms with Gasteiger partial charge in [-0.1, -0.05) is 43.2 Å². The molecule has 1 heterocycles. The second kappa shape index (κ2) is 14.7. The molecule has 2 aliphatic rings. The molecule has 262 valence electrons. The molecule has 0 bridgehead atoms. The third kappa shape index (κ3) is 9.03. The van der Waals surface area contributed by atoms with Crippen LogP contribution in [0.25, 0.3) is 0 Å². The maximum atomic E-state index is 13.8. The van der Waals surface area contributed by atoms with Gasteiger partial charge in [-0.15, -0.1) is 10.8 Å². The van der Waals surface area contributed by atoms with Gasteiger partial charge in [-0.3, -0.25) is 18.2 Å². The first-order valence-electron chi connectivity index (χ1n) is 15.8. The van der Waals surface area contributed by atoms with Crippen molar-refractivity contribution >= 4 is 22.4 Å². The van der Waals surface area contributed by atoms with Gasteiger partial charge in [-0.25, -0.2) is 0 Å². The van der Waals surface area contributed by atoms with Gasteiger partial charge in [0.15, 0.2) is 0 Å². The van der Waals surface area contributed by atoms with Gasteiger partial charge in [0.25, 0.3) is 5.91 Å². The van der Waals surface area contributed by atoms with E-state index in [0.29, 0.717) is 30.8 Å². The lowest BCUT2D eigenvalue weighted by atomic mass is 9.94. The van der Waals surface area contributed by atoms with Crippen molar-refractivity contribution in [1.82, 2.24) is 10.6 Å². The third-order valence-electron chi connectivity index (χ3n) is 8.86. The molecule has 48 heavy (non-hydrogen) atoms. The normalized spacial score (nSPS) is 18.9. The first-order chi connectivity index (χ1) is 22.6. The van der Waals surface area contributed by atoms with Crippen molar-refractivity contribution < 1.29 is 45.3 Å². The van der Waals surface area contributed by atoms with Gasteiger partial charge in [-0.2, -0.15) is 26.3 Å². The summed E-state index contributed by atoms with van der Waals surface area (Å²) in [6.07, 6.45) is -6.51. The highest BCUT2D eigenvalue weighted by Gasteiger charge is 2.37. The zero-order valence-electron chi connectivity index (χ0n) is 26.0. The summed E-state index contributed by atoms with van der Waals surface area (Å²) >= 11 is 0. The minimum absolute atomic E-state index is 0.0585. The van der Waals surface area contributed by atoms with Gasteiger partial charge in [-0.05, 0) is 84.7 Å². The lowest BCUT2D eigenvalue weighted by molar-refractivity contribution is -0.143. The van der Waals surface area contributed by atoms with Crippen LogP contribution >= 0.6 is 10.8 Å². The number of carbonyl (C=O) groups is 1. The van der Waals surface area contributed by atoms with Crippen molar-refractivity contribution in [3.63, 3.8) is 0 Å². The largest absolute Gasteiger partial charge is 0.416 e. The lowest BCUT2D eigenvalue weighted by Crippen LogP contribution is -2.48. The fraction of sp³-hybridized carbons (Fsp3) is 0.441. The standard InChI is InChI=1S/C34H39F6N3O4S/c35-33(36,37)27-13-23(14-28(19-27)34(38,39)40)20-41-21-31(44)30(15-22-7-2-1-3-8-22)42-32(45)26-16-25(24-9-4-5-10-24)17-29(18-26)43-11-6-12-48(43,46)47/h1-3,7-8,13-14,16-19,24,30-31,41,44,46-47H,4-6,9-12,15,20-21H2,(H,42,45)/t30-,31-/m0/s1. The van der Waals surface area contributed by atoms with Crippen molar-refractivity contribution in [2.75, 3.05) is 23.1 Å². The predicted octanol–water partition coefficient (Wildman–Crippen LogP) is 7.75. The number of amides is 1. The average molecular weight is 700 g/mol. The van der Waals surface area contributed by atoms with Gasteiger partial charge in [0.2, 0.25) is 0 Å². The summed E-state index contributed by atoms with van der Waals surface area (Å²) in [6, 6.07) is 14.7. The summed E-state index contributed by atoms with van der Waals surface area (Å²) < 4.78 is 103. The van der Waals surface area contributed by atoms with Crippen LogP contribution < -0.4 is 14.9 Å². The monoisotopic (exact) mass is 699 g/mol. The Bertz CT molecular complexity index is 1530. The van der Waals surface area contributed by atoms with E-state index in [1.165, 1.54) is 0 Å². The summed E-state index contributed by atoms with van der Waals surface area (Å²) in [7, 11) is -3.03. The number of carbonyl (C=O) groups excluding carboxylic acids is 1. The molecule has 0 unspecified atom stereocenters. The van der Waals surface area contributed by atoms with E-state index >= 15 is 0 Å². The number of anilines is 1. The predicted molar refractivity (Wildman–Crippen MR) is 173 cm³/mol. The highest BCUT2D eigenvalue weighted by Crippen LogP contribution is 2.51. The summed E-state index contributed by atoms with van der Waals surface area (Å²) in [6.45, 7) is -0.225. The van der Waals surface area contributed by atoms with Crippen LogP contribution in [0.4, 0.5) is 32.0 Å². The van der Waals surface area contributed by atoms with Crippen LogP contribution in [-0.2, 0) is 25.3 Å². The molecule has 1 aliphatic carbocycles. The van der Waals surface area contributed by atoms with E-state index in [4.69, 9.17) is 0 Å². The number of alkyl halides is 6. The van der Waals surface area contributed by atoms with Crippen LogP contribution in [0.15, 0.2) is 66.7 Å². The molecule has 0 aromatic heterocycles. The summed E-state index contributed by atoms with van der Waals surface area (Å²) in [5.41, 5.74) is -0.630. The Morgan fingerprint density at radius 1 is 0.875 bits per heavy atom. The minimum atomic E-state index is -4.98. The van der Waals surface area contributed by atoms with E-state index in [0.717, 1.165) is 36.8 Å². The Balaban J connectivity index is 1.36. The molecule has 7 nitrogen and oxygen atoms in total. The fourth-order valence-corrected chi connectivity index (χ4v) is 7.99. The van der Waals surface area contributed by atoms with E-state index < -0.39 is 58.9 Å². The molecule has 5 N–H and O–H groups in total. The van der Waals surface area contributed by atoms with Crippen molar-refractivity contribution in [3.8, 4) is 0 Å². The maximum absolute atomic E-state index is 13.8. The number of nitrogens with one attached hydrogen (secondary N) is 2. The Morgan fingerprint density at radius 2 is 1.52 bits per heavy atom. The third-order valence-corrected chi connectivity index (χ3v) is 10.8. The number of hydrogen-bond donors (Lipinski definition) is 5. The van der Waals surface area contributed by atoms with Gasteiger partial charge in [0, 0.05) is 25.2 Å². The number of rotatable bonds is 11. The van der Waals surface area contributed by atoms with Gasteiger partial charge >= 0.3 is 12.4 Å². The van der Waals surface area contributed by atoms with Crippen LogP contribution in [0, 0.1) is 0 Å². The van der Waals surface area contributed by atoms with E-state index in [1.807, 2.05) is 6.07 Å². The highest BCUT2D eigenvalue weighted by atomic mass is 32.3. The molecule has 1 amide bonds. The van der Waals surface area contributed by atoms with Crippen LogP contribution in [0.3, 0.4) is 0 Å². The molecule has 1 saturated heterocycles. The SMILES string of the molecule is O=C(N[C@@H](Cc1ccccc1)[C@@H](O)CNCc1cc(C(F)(F)F)cc(C(F)(F)F)c1)c1cc(C2CCCC2)cc(N2CCCS2(O)O)c1. The molecule has 3 aromatic rings. The second-order valence-corrected chi connectivity index (χ2v) is 14.6. The molecule has 14 heteroatoms. The molecule has 3 aromatic carbocycles. The number of hydrogen-bond acceptors (Lipinski definition) is 6. The van der Waals surface area contributed by atoms with Crippen molar-refractivity contribution in [2.45, 2.75) is 75.5 Å². The maximum Gasteiger partial charge on any atom is 0.416 e. The topological polar surface area (TPSA) is 105 Å². The van der Waals surface area contributed by atoms with Gasteiger partial charge in [0.05, 0.1) is 34.7 Å². The molecule has 1 saturated carbocycles. The molecule has 2 atom stereocenters. The quantitative estimate of drug-likeness (QED) is 0.131. The van der Waals surface area contributed by atoms with Gasteiger partial charge < -0.3 is 15.7 Å². The summed E-state index contributed by atoms with van der Waals surface area (Å²) in [5, 5.41) is 16.9. The second-order valence-electron chi connectivity index (χ2n) is 12.5. The smallest absolute Gasteiger partial charge is 0.390 e. The number of benzene rings is 3. The summed E-state index contributed by atoms with van der Waals surface area (Å²) in [4.78, 5) is 13.8. The van der Waals surface area contributed by atoms with E-state index in [9.17, 15) is 45.3 Å². The van der Waals surface area contributed by atoms with Crippen LogP contribution in [0.2, 0.25) is 0 Å². The average Bonchev–Trinajstić information content (AvgIpc) is 3.69. The first kappa shape index (κ1) is 36.0. The molecular weight excluding hydrogens is 660 g/mol. The zero-order valence-corrected chi connectivity index (χ0v) is 26.8. The van der Waals surface area contributed by atoms with E-state index in [-0.39, 0.29) is 41.8 Å². The molecule has 0 radical (unpaired) electrons. The number of aliphatic hydroxyl groups is 1. The van der Waals surface area contributed by atoms with Crippen LogP contribution in [0.1, 0.15) is 76.2 Å². The fourth-order valence-electron chi connectivity index (χ4n) is 6.39. The molecule has 1 aliphatic heterocycles. The molecule has 2 fully saturated rings. The first-order valence-corrected chi connectivity index (χ1v) is 17.5. The molecule has 5 rings (SSSR count). The van der Waals surface area contributed by atoms with Gasteiger partial charge in [0.1, 0.15) is 0 Å². The molecule has 0 spiro atoms. The minimum Gasteiger partial charge on any atom is -0.390 e.